The number of benzene rings is 1. The summed E-state index contributed by atoms with van der Waals surface area (Å²) < 4.78 is 5.34. The third kappa shape index (κ3) is 7.09. The van der Waals surface area contributed by atoms with Gasteiger partial charge >= 0.3 is 5.97 Å². The normalized spacial score (nSPS) is 15.6. The Morgan fingerprint density at radius 2 is 1.94 bits per heavy atom. The lowest BCUT2D eigenvalue weighted by atomic mass is 10.0. The van der Waals surface area contributed by atoms with Gasteiger partial charge in [-0.3, -0.25) is 4.98 Å². The van der Waals surface area contributed by atoms with E-state index in [1.807, 2.05) is 6.07 Å². The van der Waals surface area contributed by atoms with Crippen molar-refractivity contribution in [1.82, 2.24) is 15.0 Å². The molecule has 2 N–H and O–H groups in total. The molecule has 8 heteroatoms. The van der Waals surface area contributed by atoms with Gasteiger partial charge in [-0.25, -0.2) is 14.8 Å². The third-order valence-corrected chi connectivity index (χ3v) is 5.43. The molecule has 0 radical (unpaired) electrons. The number of pyridine rings is 1. The van der Waals surface area contributed by atoms with Crippen LogP contribution in [0.4, 0.5) is 11.5 Å². The number of aromatic nitrogens is 3. The molecule has 0 spiro atoms. The van der Waals surface area contributed by atoms with Gasteiger partial charge in [-0.05, 0) is 49.9 Å². The lowest BCUT2D eigenvalue weighted by Crippen LogP contribution is -2.10. The van der Waals surface area contributed by atoms with Crippen LogP contribution in [0.15, 0.2) is 48.8 Å². The molecule has 8 nitrogen and oxygen atoms in total. The summed E-state index contributed by atoms with van der Waals surface area (Å²) in [5, 5.41) is 21.8. The maximum Gasteiger partial charge on any atom is 0.341 e. The molecule has 1 atom stereocenters. The number of hydrogen-bond donors (Lipinski definition) is 2. The Balaban J connectivity index is 0.000000302. The maximum atomic E-state index is 11.9. The Bertz CT molecular complexity index is 1140. The molecule has 0 saturated carbocycles. The summed E-state index contributed by atoms with van der Waals surface area (Å²) in [6.45, 7) is 5.98. The second kappa shape index (κ2) is 12.4. The summed E-state index contributed by atoms with van der Waals surface area (Å²) >= 11 is 0. The smallest absolute Gasteiger partial charge is 0.341 e. The van der Waals surface area contributed by atoms with Gasteiger partial charge in [0.15, 0.2) is 0 Å². The van der Waals surface area contributed by atoms with Crippen molar-refractivity contribution >= 4 is 17.5 Å². The van der Waals surface area contributed by atoms with Gasteiger partial charge in [-0.15, -0.1) is 0 Å². The van der Waals surface area contributed by atoms with Gasteiger partial charge in [0.2, 0.25) is 0 Å². The van der Waals surface area contributed by atoms with Gasteiger partial charge in [0.05, 0.1) is 17.3 Å². The number of carboxylic acids is 1. The van der Waals surface area contributed by atoms with E-state index in [9.17, 15) is 9.90 Å². The number of ether oxygens (including phenoxy) is 1. The van der Waals surface area contributed by atoms with Crippen molar-refractivity contribution in [3.05, 3.63) is 65.7 Å². The lowest BCUT2D eigenvalue weighted by Gasteiger charge is -2.14. The minimum Gasteiger partial charge on any atom is -0.477 e. The first-order chi connectivity index (χ1) is 16.5. The largest absolute Gasteiger partial charge is 0.477 e. The molecule has 1 aliphatic rings. The van der Waals surface area contributed by atoms with Crippen LogP contribution >= 0.6 is 0 Å². The van der Waals surface area contributed by atoms with Crippen LogP contribution in [-0.2, 0) is 4.74 Å². The average molecular weight is 460 g/mol. The van der Waals surface area contributed by atoms with Crippen molar-refractivity contribution in [2.24, 2.45) is 5.92 Å². The quantitative estimate of drug-likeness (QED) is 0.534. The molecule has 1 saturated heterocycles. The number of aryl methyl sites for hydroxylation is 1. The first-order valence-corrected chi connectivity index (χ1v) is 11.3. The van der Waals surface area contributed by atoms with E-state index in [1.165, 1.54) is 25.7 Å². The zero-order valence-corrected chi connectivity index (χ0v) is 19.5. The number of anilines is 2. The fourth-order valence-corrected chi connectivity index (χ4v) is 3.61. The van der Waals surface area contributed by atoms with E-state index in [4.69, 9.17) is 10.00 Å². The molecule has 1 fully saturated rings. The summed E-state index contributed by atoms with van der Waals surface area (Å²) in [6.07, 6.45) is 8.48. The van der Waals surface area contributed by atoms with Gasteiger partial charge in [-0.1, -0.05) is 31.9 Å². The van der Waals surface area contributed by atoms with Gasteiger partial charge in [0.25, 0.3) is 0 Å². The van der Waals surface area contributed by atoms with E-state index in [-0.39, 0.29) is 17.1 Å². The zero-order chi connectivity index (χ0) is 24.3. The number of carboxylic acid groups (broad SMARTS) is 1. The van der Waals surface area contributed by atoms with Crippen molar-refractivity contribution in [3.8, 4) is 17.3 Å². The van der Waals surface area contributed by atoms with Gasteiger partial charge < -0.3 is 15.2 Å². The van der Waals surface area contributed by atoms with Crippen molar-refractivity contribution in [1.29, 1.82) is 5.26 Å². The molecule has 3 aromatic rings. The molecular formula is C26H29N5O3. The SMILES string of the molecule is CC1CCCCOCC1.Cc1nc(Nc2ccncc2)c(C(=O)O)c(-c2cccc(C#N)c2)n1. The van der Waals surface area contributed by atoms with Crippen LogP contribution in [0.2, 0.25) is 0 Å². The molecule has 1 aliphatic heterocycles. The first kappa shape index (κ1) is 24.8. The highest BCUT2D eigenvalue weighted by molar-refractivity contribution is 6.00. The fourth-order valence-electron chi connectivity index (χ4n) is 3.61. The van der Waals surface area contributed by atoms with Crippen molar-refractivity contribution < 1.29 is 14.6 Å². The predicted molar refractivity (Wildman–Crippen MR) is 130 cm³/mol. The summed E-state index contributed by atoms with van der Waals surface area (Å²) in [5.74, 6) is 0.335. The van der Waals surface area contributed by atoms with Crippen LogP contribution in [0.3, 0.4) is 0 Å². The molecule has 1 aromatic carbocycles. The number of nitrogens with zero attached hydrogens (tertiary/aromatic N) is 4. The minimum atomic E-state index is -1.16. The van der Waals surface area contributed by atoms with Crippen LogP contribution in [0.1, 0.15) is 54.4 Å². The molecule has 0 amide bonds. The van der Waals surface area contributed by atoms with Crippen LogP contribution in [-0.4, -0.2) is 39.2 Å². The zero-order valence-electron chi connectivity index (χ0n) is 19.5. The number of carbonyl (C=O) groups is 1. The Hall–Kier alpha value is -3.83. The summed E-state index contributed by atoms with van der Waals surface area (Å²) in [7, 11) is 0. The predicted octanol–water partition coefficient (Wildman–Crippen LogP) is 5.37. The Labute approximate surface area is 199 Å². The molecular weight excluding hydrogens is 430 g/mol. The fraction of sp³-hybridized carbons (Fsp3) is 0.346. The van der Waals surface area contributed by atoms with E-state index < -0.39 is 5.97 Å². The van der Waals surface area contributed by atoms with Gasteiger partial charge in [0, 0.05) is 36.9 Å². The number of aromatic carboxylic acids is 1. The second-order valence-electron chi connectivity index (χ2n) is 8.20. The molecule has 2 aromatic heterocycles. The summed E-state index contributed by atoms with van der Waals surface area (Å²) in [6, 6.07) is 12.1. The van der Waals surface area contributed by atoms with E-state index >= 15 is 0 Å². The topological polar surface area (TPSA) is 121 Å². The van der Waals surface area contributed by atoms with E-state index in [0.717, 1.165) is 19.1 Å². The molecule has 0 aliphatic carbocycles. The van der Waals surface area contributed by atoms with Crippen molar-refractivity contribution in [2.75, 3.05) is 18.5 Å². The molecule has 1 unspecified atom stereocenters. The van der Waals surface area contributed by atoms with Crippen molar-refractivity contribution in [3.63, 3.8) is 0 Å². The minimum absolute atomic E-state index is 0.0579. The highest BCUT2D eigenvalue weighted by Gasteiger charge is 2.21. The monoisotopic (exact) mass is 459 g/mol. The van der Waals surface area contributed by atoms with E-state index in [0.29, 0.717) is 22.6 Å². The number of rotatable bonds is 4. The number of nitriles is 1. The Morgan fingerprint density at radius 1 is 1.15 bits per heavy atom. The highest BCUT2D eigenvalue weighted by atomic mass is 16.5. The molecule has 3 heterocycles. The van der Waals surface area contributed by atoms with Crippen LogP contribution in [0, 0.1) is 24.2 Å². The van der Waals surface area contributed by atoms with Crippen LogP contribution < -0.4 is 5.32 Å². The summed E-state index contributed by atoms with van der Waals surface area (Å²) in [4.78, 5) is 24.3. The van der Waals surface area contributed by atoms with Crippen LogP contribution in [0.5, 0.6) is 0 Å². The van der Waals surface area contributed by atoms with Crippen molar-refractivity contribution in [2.45, 2.75) is 39.5 Å². The standard InChI is InChI=1S/C18H13N5O2.C8H16O/c1-11-21-16(13-4-2-3-12(9-13)10-19)15(18(24)25)17(22-11)23-14-5-7-20-8-6-14;1-8-4-2-3-6-9-7-5-8/h2-9H,1H3,(H,24,25)(H,20,21,22,23);8H,2-7H2,1H3. The molecule has 0 bridgehead atoms. The highest BCUT2D eigenvalue weighted by Crippen LogP contribution is 2.29. The van der Waals surface area contributed by atoms with Gasteiger partial charge in [-0.2, -0.15) is 5.26 Å². The lowest BCUT2D eigenvalue weighted by molar-refractivity contribution is 0.0698. The van der Waals surface area contributed by atoms with Gasteiger partial charge in [0.1, 0.15) is 17.2 Å². The average Bonchev–Trinajstić information content (AvgIpc) is 2.82. The number of hydrogen-bond acceptors (Lipinski definition) is 7. The first-order valence-electron chi connectivity index (χ1n) is 11.3. The van der Waals surface area contributed by atoms with Crippen LogP contribution in [0.25, 0.3) is 11.3 Å². The molecule has 176 valence electrons. The summed E-state index contributed by atoms with van der Waals surface area (Å²) in [5.41, 5.74) is 1.83. The third-order valence-electron chi connectivity index (χ3n) is 5.43. The van der Waals surface area contributed by atoms with E-state index in [2.05, 4.69) is 27.2 Å². The van der Waals surface area contributed by atoms with E-state index in [1.54, 1.807) is 55.7 Å². The Morgan fingerprint density at radius 3 is 2.68 bits per heavy atom. The second-order valence-corrected chi connectivity index (χ2v) is 8.20. The molecule has 34 heavy (non-hydrogen) atoms. The number of nitrogens with one attached hydrogen (secondary N) is 1. The Kier molecular flexibility index (Phi) is 9.06. The molecule has 4 rings (SSSR count). The maximum absolute atomic E-state index is 11.9.